The molecular weight excluding hydrogens is 180 g/mol. The summed E-state index contributed by atoms with van der Waals surface area (Å²) in [6, 6.07) is 0.193. The largest absolute Gasteiger partial charge is 0.339 e. The summed E-state index contributed by atoms with van der Waals surface area (Å²) in [6.45, 7) is 0.848. The van der Waals surface area contributed by atoms with E-state index in [2.05, 4.69) is 10.0 Å². The summed E-state index contributed by atoms with van der Waals surface area (Å²) < 4.78 is 0. The maximum absolute atomic E-state index is 11.6. The zero-order valence-electron chi connectivity index (χ0n) is 8.09. The summed E-state index contributed by atoms with van der Waals surface area (Å²) in [5, 5.41) is 3.79. The molecule has 2 atom stereocenters. The zero-order chi connectivity index (χ0) is 9.97. The lowest BCUT2D eigenvalue weighted by Crippen LogP contribution is -2.52. The molecule has 5 heteroatoms. The zero-order valence-corrected chi connectivity index (χ0v) is 8.09. The maximum atomic E-state index is 11.6. The van der Waals surface area contributed by atoms with Crippen molar-refractivity contribution in [3.8, 4) is 0 Å². The Kier molecular flexibility index (Phi) is 2.59. The fraction of sp³-hybridized carbons (Fsp3) is 0.889. The van der Waals surface area contributed by atoms with Crippen LogP contribution in [0.5, 0.6) is 0 Å². The fourth-order valence-corrected chi connectivity index (χ4v) is 2.48. The van der Waals surface area contributed by atoms with Gasteiger partial charge < -0.3 is 4.90 Å². The number of hydrogen-bond donors (Lipinski definition) is 0. The number of rotatable bonds is 1. The number of fused-ring (bicyclic) bond motifs is 1. The molecule has 0 radical (unpaired) electrons. The molecule has 0 unspecified atom stereocenters. The van der Waals surface area contributed by atoms with E-state index in [4.69, 9.17) is 5.53 Å². The lowest BCUT2D eigenvalue weighted by atomic mass is 9.89. The van der Waals surface area contributed by atoms with Gasteiger partial charge in [0.05, 0.1) is 6.04 Å². The van der Waals surface area contributed by atoms with Crippen LogP contribution in [-0.4, -0.2) is 29.4 Å². The van der Waals surface area contributed by atoms with Crippen LogP contribution >= 0.6 is 0 Å². The molecule has 0 aromatic heterocycles. The van der Waals surface area contributed by atoms with E-state index in [0.717, 1.165) is 32.2 Å². The lowest BCUT2D eigenvalue weighted by molar-refractivity contribution is -0.138. The van der Waals surface area contributed by atoms with Crippen LogP contribution in [0.2, 0.25) is 0 Å². The minimum absolute atomic E-state index is 0.0120. The minimum Gasteiger partial charge on any atom is -0.339 e. The first-order valence-corrected chi connectivity index (χ1v) is 5.16. The molecule has 2 heterocycles. The van der Waals surface area contributed by atoms with Crippen molar-refractivity contribution in [1.82, 2.24) is 4.90 Å². The smallest absolute Gasteiger partial charge is 0.222 e. The molecule has 5 nitrogen and oxygen atoms in total. The fourth-order valence-electron chi connectivity index (χ4n) is 2.48. The number of amides is 1. The number of carbonyl (C=O) groups excluding carboxylic acids is 1. The highest BCUT2D eigenvalue weighted by molar-refractivity contribution is 5.77. The summed E-state index contributed by atoms with van der Waals surface area (Å²) in [4.78, 5) is 16.3. The second-order valence-corrected chi connectivity index (χ2v) is 3.96. The standard InChI is InChI=1S/C9H14N4O/c10-12-11-7-4-5-9(14)13-6-2-1-3-8(7)13/h7-8H,1-6H2/t7-,8-/m1/s1. The normalized spacial score (nSPS) is 32.0. The summed E-state index contributed by atoms with van der Waals surface area (Å²) in [5.41, 5.74) is 8.43. The molecular formula is C9H14N4O. The number of carbonyl (C=O) groups is 1. The Morgan fingerprint density at radius 1 is 1.43 bits per heavy atom. The molecule has 0 bridgehead atoms. The molecule has 1 amide bonds. The molecule has 0 aliphatic carbocycles. The van der Waals surface area contributed by atoms with Gasteiger partial charge in [0.15, 0.2) is 0 Å². The van der Waals surface area contributed by atoms with Gasteiger partial charge in [-0.2, -0.15) is 0 Å². The third-order valence-electron chi connectivity index (χ3n) is 3.17. The lowest BCUT2D eigenvalue weighted by Gasteiger charge is -2.42. The summed E-state index contributed by atoms with van der Waals surface area (Å²) in [7, 11) is 0. The topological polar surface area (TPSA) is 69.1 Å². The Balaban J connectivity index is 2.15. The van der Waals surface area contributed by atoms with Crippen molar-refractivity contribution in [1.29, 1.82) is 0 Å². The first-order valence-electron chi connectivity index (χ1n) is 5.16. The molecule has 2 aliphatic heterocycles. The van der Waals surface area contributed by atoms with Crippen molar-refractivity contribution < 1.29 is 4.79 Å². The molecule has 0 N–H and O–H groups in total. The van der Waals surface area contributed by atoms with E-state index in [1.165, 1.54) is 0 Å². The van der Waals surface area contributed by atoms with E-state index in [-0.39, 0.29) is 18.0 Å². The SMILES string of the molecule is [N-]=[N+]=N[C@@H]1CCC(=O)N2CCCC[C@H]12. The van der Waals surface area contributed by atoms with E-state index in [9.17, 15) is 4.79 Å². The number of nitrogens with zero attached hydrogens (tertiary/aromatic N) is 4. The van der Waals surface area contributed by atoms with Crippen LogP contribution < -0.4 is 0 Å². The van der Waals surface area contributed by atoms with Crippen molar-refractivity contribution >= 4 is 5.91 Å². The highest BCUT2D eigenvalue weighted by Crippen LogP contribution is 2.29. The molecule has 2 saturated heterocycles. The van der Waals surface area contributed by atoms with Crippen molar-refractivity contribution in [2.45, 2.75) is 44.2 Å². The molecule has 0 saturated carbocycles. The Hall–Kier alpha value is -1.22. The highest BCUT2D eigenvalue weighted by Gasteiger charge is 2.36. The number of azide groups is 1. The van der Waals surface area contributed by atoms with Crippen LogP contribution in [-0.2, 0) is 4.79 Å². The Bertz CT molecular complexity index is 283. The van der Waals surface area contributed by atoms with Crippen molar-refractivity contribution in [3.05, 3.63) is 10.4 Å². The highest BCUT2D eigenvalue weighted by atomic mass is 16.2. The first-order chi connectivity index (χ1) is 6.83. The van der Waals surface area contributed by atoms with E-state index >= 15 is 0 Å². The molecule has 0 aromatic carbocycles. The predicted octanol–water partition coefficient (Wildman–Crippen LogP) is 1.84. The Morgan fingerprint density at radius 3 is 3.07 bits per heavy atom. The van der Waals surface area contributed by atoms with Gasteiger partial charge in [-0.05, 0) is 31.2 Å². The predicted molar refractivity (Wildman–Crippen MR) is 51.5 cm³/mol. The molecule has 2 aliphatic rings. The minimum atomic E-state index is 0.0120. The number of piperidine rings is 2. The Morgan fingerprint density at radius 2 is 2.29 bits per heavy atom. The van der Waals surface area contributed by atoms with Crippen LogP contribution in [0.3, 0.4) is 0 Å². The average Bonchev–Trinajstić information content (AvgIpc) is 2.23. The van der Waals surface area contributed by atoms with Crippen LogP contribution in [0, 0.1) is 0 Å². The van der Waals surface area contributed by atoms with Crippen molar-refractivity contribution in [2.75, 3.05) is 6.54 Å². The van der Waals surface area contributed by atoms with Gasteiger partial charge in [0.25, 0.3) is 0 Å². The molecule has 14 heavy (non-hydrogen) atoms. The van der Waals surface area contributed by atoms with Gasteiger partial charge in [-0.1, -0.05) is 5.11 Å². The Labute approximate surface area is 82.7 Å². The van der Waals surface area contributed by atoms with Crippen LogP contribution in [0.25, 0.3) is 10.4 Å². The summed E-state index contributed by atoms with van der Waals surface area (Å²) in [6.07, 6.45) is 4.50. The maximum Gasteiger partial charge on any atom is 0.222 e. The summed E-state index contributed by atoms with van der Waals surface area (Å²) >= 11 is 0. The van der Waals surface area contributed by atoms with Crippen LogP contribution in [0.15, 0.2) is 5.11 Å². The van der Waals surface area contributed by atoms with Crippen molar-refractivity contribution in [3.63, 3.8) is 0 Å². The monoisotopic (exact) mass is 194 g/mol. The second kappa shape index (κ2) is 3.88. The van der Waals surface area contributed by atoms with Gasteiger partial charge in [-0.3, -0.25) is 4.79 Å². The third-order valence-corrected chi connectivity index (χ3v) is 3.17. The first kappa shape index (κ1) is 9.34. The van der Waals surface area contributed by atoms with E-state index in [1.54, 1.807) is 0 Å². The molecule has 2 rings (SSSR count). The van der Waals surface area contributed by atoms with Gasteiger partial charge in [-0.15, -0.1) is 0 Å². The molecule has 2 fully saturated rings. The quantitative estimate of drug-likeness (QED) is 0.356. The van der Waals surface area contributed by atoms with Crippen molar-refractivity contribution in [2.24, 2.45) is 5.11 Å². The van der Waals surface area contributed by atoms with Gasteiger partial charge in [-0.25, -0.2) is 0 Å². The second-order valence-electron chi connectivity index (χ2n) is 3.96. The molecule has 0 aromatic rings. The van der Waals surface area contributed by atoms with E-state index < -0.39 is 0 Å². The van der Waals surface area contributed by atoms with E-state index in [1.807, 2.05) is 4.90 Å². The van der Waals surface area contributed by atoms with Crippen LogP contribution in [0.4, 0.5) is 0 Å². The summed E-state index contributed by atoms with van der Waals surface area (Å²) in [5.74, 6) is 0.235. The van der Waals surface area contributed by atoms with Crippen LogP contribution in [0.1, 0.15) is 32.1 Å². The molecule has 76 valence electrons. The van der Waals surface area contributed by atoms with Gasteiger partial charge >= 0.3 is 0 Å². The van der Waals surface area contributed by atoms with Gasteiger partial charge in [0.1, 0.15) is 0 Å². The third kappa shape index (κ3) is 1.55. The van der Waals surface area contributed by atoms with E-state index in [0.29, 0.717) is 6.42 Å². The number of hydrogen-bond acceptors (Lipinski definition) is 2. The molecule has 0 spiro atoms. The van der Waals surface area contributed by atoms with Gasteiger partial charge in [0.2, 0.25) is 5.91 Å². The average molecular weight is 194 g/mol. The van der Waals surface area contributed by atoms with Gasteiger partial charge in [0, 0.05) is 23.9 Å².